The Morgan fingerprint density at radius 2 is 2.00 bits per heavy atom. The van der Waals surface area contributed by atoms with Gasteiger partial charge in [-0.05, 0) is 70.2 Å². The van der Waals surface area contributed by atoms with Crippen molar-refractivity contribution in [3.63, 3.8) is 0 Å². The van der Waals surface area contributed by atoms with Crippen LogP contribution in [0.2, 0.25) is 0 Å². The first-order valence-electron chi connectivity index (χ1n) is 9.73. The Kier molecular flexibility index (Phi) is 7.93. The lowest BCUT2D eigenvalue weighted by Crippen LogP contribution is -2.48. The standard InChI is InChI=1S/C21H32N2O2.ClH/c1-15-4-5-16(2)19(12-15)20-13-23(17(3)14-25-20)21(24)7-6-18-8-10-22-11-9-18;/h4-5,12,17-18,20,22H,6-11,13-14H2,1-3H3;1H. The minimum absolute atomic E-state index is 0. The number of carbonyl (C=O) groups excluding carboxylic acids is 1. The Morgan fingerprint density at radius 1 is 1.27 bits per heavy atom. The second-order valence-corrected chi connectivity index (χ2v) is 7.81. The van der Waals surface area contributed by atoms with Crippen LogP contribution in [0.25, 0.3) is 0 Å². The number of rotatable bonds is 4. The van der Waals surface area contributed by atoms with Gasteiger partial charge in [-0.25, -0.2) is 0 Å². The van der Waals surface area contributed by atoms with Gasteiger partial charge in [0.15, 0.2) is 0 Å². The molecular formula is C21H33ClN2O2. The number of benzene rings is 1. The zero-order chi connectivity index (χ0) is 17.8. The summed E-state index contributed by atoms with van der Waals surface area (Å²) in [6.07, 6.45) is 4.11. The van der Waals surface area contributed by atoms with Crippen molar-refractivity contribution < 1.29 is 9.53 Å². The Morgan fingerprint density at radius 3 is 2.73 bits per heavy atom. The summed E-state index contributed by atoms with van der Waals surface area (Å²) >= 11 is 0. The van der Waals surface area contributed by atoms with Gasteiger partial charge >= 0.3 is 0 Å². The minimum Gasteiger partial charge on any atom is -0.370 e. The van der Waals surface area contributed by atoms with Crippen molar-refractivity contribution in [1.82, 2.24) is 10.2 Å². The van der Waals surface area contributed by atoms with Crippen LogP contribution in [0.3, 0.4) is 0 Å². The van der Waals surface area contributed by atoms with Crippen molar-refractivity contribution in [2.24, 2.45) is 5.92 Å². The van der Waals surface area contributed by atoms with E-state index in [9.17, 15) is 4.79 Å². The number of ether oxygens (including phenoxy) is 1. The minimum atomic E-state index is -0.000990. The second-order valence-electron chi connectivity index (χ2n) is 7.81. The summed E-state index contributed by atoms with van der Waals surface area (Å²) in [4.78, 5) is 14.9. The van der Waals surface area contributed by atoms with Gasteiger partial charge in [-0.1, -0.05) is 23.8 Å². The maximum absolute atomic E-state index is 12.8. The predicted octanol–water partition coefficient (Wildman–Crippen LogP) is 3.79. The maximum atomic E-state index is 12.8. The summed E-state index contributed by atoms with van der Waals surface area (Å²) < 4.78 is 6.08. The first-order chi connectivity index (χ1) is 12.0. The average molecular weight is 381 g/mol. The van der Waals surface area contributed by atoms with Crippen molar-refractivity contribution in [2.45, 2.75) is 58.6 Å². The lowest BCUT2D eigenvalue weighted by molar-refractivity contribution is -0.144. The van der Waals surface area contributed by atoms with Crippen LogP contribution in [-0.2, 0) is 9.53 Å². The van der Waals surface area contributed by atoms with Crippen molar-refractivity contribution in [3.05, 3.63) is 34.9 Å². The number of piperidine rings is 1. The molecule has 0 bridgehead atoms. The lowest BCUT2D eigenvalue weighted by Gasteiger charge is -2.39. The van der Waals surface area contributed by atoms with Crippen LogP contribution in [0.5, 0.6) is 0 Å². The molecule has 2 aliphatic heterocycles. The Labute approximate surface area is 164 Å². The van der Waals surface area contributed by atoms with Gasteiger partial charge in [0.05, 0.1) is 19.2 Å². The van der Waals surface area contributed by atoms with E-state index in [2.05, 4.69) is 49.2 Å². The third kappa shape index (κ3) is 5.21. The van der Waals surface area contributed by atoms with Gasteiger partial charge in [0.25, 0.3) is 0 Å². The Hall–Kier alpha value is -1.10. The largest absolute Gasteiger partial charge is 0.370 e. The Bertz CT molecular complexity index is 602. The molecule has 1 aromatic rings. The summed E-state index contributed by atoms with van der Waals surface area (Å²) in [5.74, 6) is 1.00. The lowest BCUT2D eigenvalue weighted by atomic mass is 9.92. The van der Waals surface area contributed by atoms with Crippen LogP contribution in [0.1, 0.15) is 55.4 Å². The fraction of sp³-hybridized carbons (Fsp3) is 0.667. The number of amides is 1. The number of nitrogens with zero attached hydrogens (tertiary/aromatic N) is 1. The molecule has 146 valence electrons. The monoisotopic (exact) mass is 380 g/mol. The van der Waals surface area contributed by atoms with E-state index in [1.807, 2.05) is 0 Å². The number of aryl methyl sites for hydroxylation is 2. The van der Waals surface area contributed by atoms with E-state index < -0.39 is 0 Å². The molecule has 2 atom stereocenters. The number of hydrogen-bond donors (Lipinski definition) is 1. The molecule has 26 heavy (non-hydrogen) atoms. The molecule has 2 aliphatic rings. The quantitative estimate of drug-likeness (QED) is 0.863. The van der Waals surface area contributed by atoms with Crippen molar-refractivity contribution in [3.8, 4) is 0 Å². The van der Waals surface area contributed by atoms with Gasteiger partial charge in [-0.15, -0.1) is 12.4 Å². The molecule has 0 aliphatic carbocycles. The van der Waals surface area contributed by atoms with Gasteiger partial charge in [0.2, 0.25) is 5.91 Å². The van der Waals surface area contributed by atoms with E-state index >= 15 is 0 Å². The molecule has 2 unspecified atom stereocenters. The molecule has 0 spiro atoms. The summed E-state index contributed by atoms with van der Waals surface area (Å²) in [6, 6.07) is 6.65. The second kappa shape index (κ2) is 9.72. The van der Waals surface area contributed by atoms with E-state index in [1.165, 1.54) is 29.5 Å². The molecule has 5 heteroatoms. The fourth-order valence-electron chi connectivity index (χ4n) is 4.04. The van der Waals surface area contributed by atoms with E-state index in [0.717, 1.165) is 19.5 Å². The predicted molar refractivity (Wildman–Crippen MR) is 108 cm³/mol. The number of hydrogen-bond acceptors (Lipinski definition) is 3. The van der Waals surface area contributed by atoms with Gasteiger partial charge in [-0.2, -0.15) is 0 Å². The highest BCUT2D eigenvalue weighted by Crippen LogP contribution is 2.29. The van der Waals surface area contributed by atoms with Gasteiger partial charge in [0, 0.05) is 6.42 Å². The molecule has 3 rings (SSSR count). The molecule has 2 fully saturated rings. The zero-order valence-electron chi connectivity index (χ0n) is 16.3. The van der Waals surface area contributed by atoms with Crippen LogP contribution < -0.4 is 5.32 Å². The van der Waals surface area contributed by atoms with Crippen LogP contribution in [0.4, 0.5) is 0 Å². The molecule has 0 saturated carbocycles. The van der Waals surface area contributed by atoms with E-state index in [0.29, 0.717) is 31.4 Å². The van der Waals surface area contributed by atoms with Gasteiger partial charge < -0.3 is 15.0 Å². The van der Waals surface area contributed by atoms with Crippen LogP contribution in [-0.4, -0.2) is 43.1 Å². The molecule has 0 radical (unpaired) electrons. The van der Waals surface area contributed by atoms with Crippen LogP contribution in [0.15, 0.2) is 18.2 Å². The molecule has 2 saturated heterocycles. The summed E-state index contributed by atoms with van der Waals surface area (Å²) in [5.41, 5.74) is 3.71. The summed E-state index contributed by atoms with van der Waals surface area (Å²) in [5, 5.41) is 3.39. The number of halogens is 1. The highest BCUT2D eigenvalue weighted by atomic mass is 35.5. The molecule has 2 heterocycles. The molecule has 0 aromatic heterocycles. The zero-order valence-corrected chi connectivity index (χ0v) is 17.1. The fourth-order valence-corrected chi connectivity index (χ4v) is 4.04. The molecule has 4 nitrogen and oxygen atoms in total. The van der Waals surface area contributed by atoms with Crippen LogP contribution >= 0.6 is 12.4 Å². The number of morpholine rings is 1. The highest BCUT2D eigenvalue weighted by molar-refractivity contribution is 5.85. The normalized spacial score (nSPS) is 24.2. The van der Waals surface area contributed by atoms with E-state index in [1.54, 1.807) is 0 Å². The highest BCUT2D eigenvalue weighted by Gasteiger charge is 2.31. The first kappa shape index (κ1) is 21.2. The van der Waals surface area contributed by atoms with E-state index in [-0.39, 0.29) is 24.6 Å². The van der Waals surface area contributed by atoms with E-state index in [4.69, 9.17) is 4.74 Å². The smallest absolute Gasteiger partial charge is 0.222 e. The van der Waals surface area contributed by atoms with Crippen molar-refractivity contribution in [1.29, 1.82) is 0 Å². The number of carbonyl (C=O) groups is 1. The van der Waals surface area contributed by atoms with Gasteiger partial charge in [-0.3, -0.25) is 4.79 Å². The molecule has 1 amide bonds. The Balaban J connectivity index is 0.00000243. The average Bonchev–Trinajstić information content (AvgIpc) is 2.63. The molecule has 1 aromatic carbocycles. The van der Waals surface area contributed by atoms with Gasteiger partial charge in [0.1, 0.15) is 6.10 Å². The first-order valence-corrected chi connectivity index (χ1v) is 9.73. The molecule has 1 N–H and O–H groups in total. The summed E-state index contributed by atoms with van der Waals surface area (Å²) in [7, 11) is 0. The third-order valence-corrected chi connectivity index (χ3v) is 5.76. The SMILES string of the molecule is Cc1ccc(C)c(C2CN(C(=O)CCC3CCNCC3)C(C)CO2)c1.Cl. The van der Waals surface area contributed by atoms with Crippen LogP contribution in [0, 0.1) is 19.8 Å². The maximum Gasteiger partial charge on any atom is 0.222 e. The third-order valence-electron chi connectivity index (χ3n) is 5.76. The van der Waals surface area contributed by atoms with Crippen molar-refractivity contribution >= 4 is 18.3 Å². The topological polar surface area (TPSA) is 41.6 Å². The number of nitrogens with one attached hydrogen (secondary N) is 1. The summed E-state index contributed by atoms with van der Waals surface area (Å²) in [6.45, 7) is 9.83. The molecular weight excluding hydrogens is 348 g/mol. The van der Waals surface area contributed by atoms with Crippen molar-refractivity contribution in [2.75, 3.05) is 26.2 Å².